The van der Waals surface area contributed by atoms with E-state index in [1.165, 1.54) is 24.9 Å². The molecule has 1 saturated heterocycles. The maximum Gasteiger partial charge on any atom is 0.0485 e. The first kappa shape index (κ1) is 9.49. The van der Waals surface area contributed by atoms with Gasteiger partial charge in [0.05, 0.1) is 0 Å². The van der Waals surface area contributed by atoms with Crippen LogP contribution in [0.2, 0.25) is 0 Å². The van der Waals surface area contributed by atoms with Crippen molar-refractivity contribution in [3.8, 4) is 0 Å². The summed E-state index contributed by atoms with van der Waals surface area (Å²) in [6.07, 6.45) is 2.57. The number of hydrogen-bond donors (Lipinski definition) is 2. The van der Waals surface area contributed by atoms with Crippen LogP contribution in [0.1, 0.15) is 24.4 Å². The van der Waals surface area contributed by atoms with Crippen LogP contribution in [0.5, 0.6) is 0 Å². The first-order valence-electron chi connectivity index (χ1n) is 5.08. The Balaban J connectivity index is 2.16. The number of hydrazine groups is 1. The maximum absolute atomic E-state index is 5.32. The molecule has 0 saturated carbocycles. The first-order chi connectivity index (χ1) is 6.81. The van der Waals surface area contributed by atoms with Crippen LogP contribution in [0.3, 0.4) is 0 Å². The Bertz CT molecular complexity index is 294. The van der Waals surface area contributed by atoms with Crippen molar-refractivity contribution in [3.63, 3.8) is 0 Å². The number of nitrogens with one attached hydrogen (secondary N) is 1. The van der Waals surface area contributed by atoms with Gasteiger partial charge in [-0.3, -0.25) is 10.7 Å². The Hall–Kier alpha value is -1.06. The molecule has 1 heterocycles. The predicted molar refractivity (Wildman–Crippen MR) is 58.9 cm³/mol. The van der Waals surface area contributed by atoms with Crippen LogP contribution < -0.4 is 11.3 Å². The normalized spacial score (nSPS) is 22.6. The minimum atomic E-state index is 0.599. The fourth-order valence-corrected chi connectivity index (χ4v) is 2.13. The minimum Gasteiger partial charge on any atom is -0.324 e. The number of anilines is 1. The molecule has 76 valence electrons. The highest BCUT2D eigenvalue weighted by atomic mass is 15.2. The number of benzene rings is 1. The lowest BCUT2D eigenvalue weighted by atomic mass is 10.0. The van der Waals surface area contributed by atoms with Gasteiger partial charge in [0.15, 0.2) is 0 Å². The minimum absolute atomic E-state index is 0.599. The van der Waals surface area contributed by atoms with E-state index in [4.69, 9.17) is 5.84 Å². The van der Waals surface area contributed by atoms with Crippen LogP contribution in [-0.4, -0.2) is 18.5 Å². The van der Waals surface area contributed by atoms with E-state index in [0.717, 1.165) is 5.69 Å². The fourth-order valence-electron chi connectivity index (χ4n) is 2.13. The van der Waals surface area contributed by atoms with Crippen LogP contribution in [0.15, 0.2) is 24.3 Å². The van der Waals surface area contributed by atoms with Gasteiger partial charge in [0, 0.05) is 11.7 Å². The highest BCUT2D eigenvalue weighted by Gasteiger charge is 2.21. The zero-order valence-corrected chi connectivity index (χ0v) is 8.53. The molecular formula is C11H17N3. The van der Waals surface area contributed by atoms with E-state index in [0.29, 0.717) is 6.04 Å². The molecule has 3 nitrogen and oxygen atoms in total. The molecule has 1 atom stereocenters. The van der Waals surface area contributed by atoms with Gasteiger partial charge in [0.2, 0.25) is 0 Å². The van der Waals surface area contributed by atoms with Crippen LogP contribution in [-0.2, 0) is 0 Å². The summed E-state index contributed by atoms with van der Waals surface area (Å²) in [5, 5.41) is 0. The summed E-state index contributed by atoms with van der Waals surface area (Å²) in [7, 11) is 2.19. The number of nitrogen functional groups attached to an aromatic ring is 1. The van der Waals surface area contributed by atoms with Gasteiger partial charge in [-0.2, -0.15) is 0 Å². The number of likely N-dealkylation sites (tertiary alicyclic amines) is 1. The molecule has 0 radical (unpaired) electrons. The van der Waals surface area contributed by atoms with Crippen LogP contribution in [0.4, 0.5) is 5.69 Å². The van der Waals surface area contributed by atoms with Gasteiger partial charge in [0.25, 0.3) is 0 Å². The monoisotopic (exact) mass is 191 g/mol. The second-order valence-corrected chi connectivity index (χ2v) is 3.90. The highest BCUT2D eigenvalue weighted by molar-refractivity contribution is 5.43. The zero-order valence-electron chi connectivity index (χ0n) is 8.53. The quantitative estimate of drug-likeness (QED) is 0.552. The molecule has 1 unspecified atom stereocenters. The predicted octanol–water partition coefficient (Wildman–Crippen LogP) is 1.74. The number of rotatable bonds is 2. The highest BCUT2D eigenvalue weighted by Crippen LogP contribution is 2.30. The number of nitrogens with two attached hydrogens (primary N) is 1. The van der Waals surface area contributed by atoms with E-state index < -0.39 is 0 Å². The summed E-state index contributed by atoms with van der Waals surface area (Å²) < 4.78 is 0. The van der Waals surface area contributed by atoms with Crippen molar-refractivity contribution in [2.24, 2.45) is 5.84 Å². The average molecular weight is 191 g/mol. The van der Waals surface area contributed by atoms with Crippen molar-refractivity contribution in [1.82, 2.24) is 4.90 Å². The molecule has 1 aliphatic rings. The Kier molecular flexibility index (Phi) is 2.70. The van der Waals surface area contributed by atoms with E-state index in [-0.39, 0.29) is 0 Å². The van der Waals surface area contributed by atoms with Gasteiger partial charge in [0.1, 0.15) is 0 Å². The molecule has 3 N–H and O–H groups in total. The van der Waals surface area contributed by atoms with Gasteiger partial charge < -0.3 is 5.43 Å². The second kappa shape index (κ2) is 3.98. The lowest BCUT2D eigenvalue weighted by Crippen LogP contribution is -2.17. The molecule has 14 heavy (non-hydrogen) atoms. The van der Waals surface area contributed by atoms with E-state index in [9.17, 15) is 0 Å². The van der Waals surface area contributed by atoms with Crippen molar-refractivity contribution in [2.75, 3.05) is 19.0 Å². The maximum atomic E-state index is 5.32. The summed E-state index contributed by atoms with van der Waals surface area (Å²) in [6, 6.07) is 8.97. The lowest BCUT2D eigenvalue weighted by Gasteiger charge is -2.19. The molecule has 3 heteroatoms. The van der Waals surface area contributed by atoms with Gasteiger partial charge in [-0.15, -0.1) is 0 Å². The second-order valence-electron chi connectivity index (χ2n) is 3.90. The van der Waals surface area contributed by atoms with Gasteiger partial charge in [-0.25, -0.2) is 0 Å². The fraction of sp³-hybridized carbons (Fsp3) is 0.455. The average Bonchev–Trinajstić information content (AvgIpc) is 2.65. The number of nitrogens with zero attached hydrogens (tertiary/aromatic N) is 1. The van der Waals surface area contributed by atoms with E-state index in [1.54, 1.807) is 0 Å². The summed E-state index contributed by atoms with van der Waals surface area (Å²) in [4.78, 5) is 2.41. The van der Waals surface area contributed by atoms with Gasteiger partial charge >= 0.3 is 0 Å². The SMILES string of the molecule is CN1CCCC1c1ccc(NN)cc1. The topological polar surface area (TPSA) is 41.3 Å². The van der Waals surface area contributed by atoms with E-state index in [2.05, 4.69) is 29.5 Å². The van der Waals surface area contributed by atoms with E-state index in [1.807, 2.05) is 12.1 Å². The summed E-state index contributed by atoms with van der Waals surface area (Å²) in [5.41, 5.74) is 5.00. The third-order valence-corrected chi connectivity index (χ3v) is 2.98. The molecule has 0 aliphatic carbocycles. The smallest absolute Gasteiger partial charge is 0.0485 e. The Morgan fingerprint density at radius 1 is 1.36 bits per heavy atom. The molecule has 0 amide bonds. The van der Waals surface area contributed by atoms with Gasteiger partial charge in [-0.1, -0.05) is 12.1 Å². The standard InChI is InChI=1S/C11H17N3/c1-14-8-2-3-11(14)9-4-6-10(13-12)7-5-9/h4-7,11,13H,2-3,8,12H2,1H3. The molecule has 1 fully saturated rings. The zero-order chi connectivity index (χ0) is 9.97. The molecule has 2 rings (SSSR count). The summed E-state index contributed by atoms with van der Waals surface area (Å²) in [6.45, 7) is 1.21. The van der Waals surface area contributed by atoms with Crippen molar-refractivity contribution in [3.05, 3.63) is 29.8 Å². The molecule has 0 spiro atoms. The van der Waals surface area contributed by atoms with Crippen molar-refractivity contribution < 1.29 is 0 Å². The van der Waals surface area contributed by atoms with E-state index >= 15 is 0 Å². The molecule has 1 aromatic rings. The third kappa shape index (κ3) is 1.74. The Morgan fingerprint density at radius 3 is 2.57 bits per heavy atom. The molecule has 1 aliphatic heterocycles. The largest absolute Gasteiger partial charge is 0.324 e. The van der Waals surface area contributed by atoms with Crippen molar-refractivity contribution >= 4 is 5.69 Å². The molecule has 0 aromatic heterocycles. The lowest BCUT2D eigenvalue weighted by molar-refractivity contribution is 0.317. The Labute approximate surface area is 84.9 Å². The summed E-state index contributed by atoms with van der Waals surface area (Å²) in [5.74, 6) is 5.32. The number of hydrogen-bond acceptors (Lipinski definition) is 3. The molecule has 1 aromatic carbocycles. The summed E-state index contributed by atoms with van der Waals surface area (Å²) >= 11 is 0. The molecule has 0 bridgehead atoms. The van der Waals surface area contributed by atoms with Crippen LogP contribution in [0.25, 0.3) is 0 Å². The Morgan fingerprint density at radius 2 is 2.07 bits per heavy atom. The molecular weight excluding hydrogens is 174 g/mol. The van der Waals surface area contributed by atoms with Crippen molar-refractivity contribution in [1.29, 1.82) is 0 Å². The first-order valence-corrected chi connectivity index (χ1v) is 5.08. The van der Waals surface area contributed by atoms with Crippen LogP contribution >= 0.6 is 0 Å². The van der Waals surface area contributed by atoms with Gasteiger partial charge in [-0.05, 0) is 44.1 Å². The van der Waals surface area contributed by atoms with Crippen LogP contribution in [0, 0.1) is 0 Å². The van der Waals surface area contributed by atoms with Crippen molar-refractivity contribution in [2.45, 2.75) is 18.9 Å². The third-order valence-electron chi connectivity index (χ3n) is 2.98.